The van der Waals surface area contributed by atoms with Gasteiger partial charge in [-0.1, -0.05) is 12.1 Å². The van der Waals surface area contributed by atoms with Crippen LogP contribution in [-0.2, 0) is 4.79 Å². The largest absolute Gasteiger partial charge is 0.381 e. The number of rotatable bonds is 4. The first kappa shape index (κ1) is 11.0. The third kappa shape index (κ3) is 3.38. The van der Waals surface area contributed by atoms with Crippen molar-refractivity contribution in [2.24, 2.45) is 5.73 Å². The third-order valence-corrected chi connectivity index (χ3v) is 2.47. The van der Waals surface area contributed by atoms with Crippen LogP contribution in [0.2, 0.25) is 0 Å². The molecule has 0 aliphatic heterocycles. The number of primary amides is 1. The van der Waals surface area contributed by atoms with Gasteiger partial charge in [-0.25, -0.2) is 0 Å². The van der Waals surface area contributed by atoms with Crippen molar-refractivity contribution < 1.29 is 4.79 Å². The monoisotopic (exact) mass is 256 g/mol. The highest BCUT2D eigenvalue weighted by atomic mass is 79.9. The Balaban J connectivity index is 2.60. The van der Waals surface area contributed by atoms with Gasteiger partial charge in [0, 0.05) is 22.6 Å². The number of nitrogens with one attached hydrogen (secondary N) is 1. The van der Waals surface area contributed by atoms with Crippen LogP contribution < -0.4 is 11.1 Å². The molecule has 4 heteroatoms. The van der Waals surface area contributed by atoms with E-state index in [-0.39, 0.29) is 11.9 Å². The maximum absolute atomic E-state index is 10.7. The lowest BCUT2D eigenvalue weighted by Gasteiger charge is -2.14. The van der Waals surface area contributed by atoms with Crippen molar-refractivity contribution in [3.05, 3.63) is 28.7 Å². The second-order valence-electron chi connectivity index (χ2n) is 3.20. The molecule has 0 aliphatic carbocycles. The van der Waals surface area contributed by atoms with Crippen LogP contribution >= 0.6 is 15.9 Å². The van der Waals surface area contributed by atoms with E-state index in [4.69, 9.17) is 5.73 Å². The second-order valence-corrected chi connectivity index (χ2v) is 4.05. The summed E-state index contributed by atoms with van der Waals surface area (Å²) in [5, 5.41) is 3.19. The van der Waals surface area contributed by atoms with Crippen molar-refractivity contribution >= 4 is 27.5 Å². The number of benzene rings is 1. The smallest absolute Gasteiger partial charge is 0.219 e. The molecule has 76 valence electrons. The van der Waals surface area contributed by atoms with Gasteiger partial charge in [0.25, 0.3) is 0 Å². The fourth-order valence-electron chi connectivity index (χ4n) is 1.20. The summed E-state index contributed by atoms with van der Waals surface area (Å²) >= 11 is 3.41. The lowest BCUT2D eigenvalue weighted by molar-refractivity contribution is -0.118. The molecule has 0 saturated heterocycles. The van der Waals surface area contributed by atoms with Gasteiger partial charge in [-0.05, 0) is 35.0 Å². The van der Waals surface area contributed by atoms with Crippen LogP contribution in [0.5, 0.6) is 0 Å². The first-order chi connectivity index (χ1) is 6.59. The number of hydrogen-bond acceptors (Lipinski definition) is 2. The SMILES string of the molecule is CC(CC(N)=O)Nc1ccccc1Br. The molecule has 1 unspecified atom stereocenters. The number of halogens is 1. The Morgan fingerprint density at radius 1 is 1.57 bits per heavy atom. The molecule has 1 atom stereocenters. The Labute approximate surface area is 91.8 Å². The number of para-hydroxylation sites is 1. The van der Waals surface area contributed by atoms with Gasteiger partial charge < -0.3 is 11.1 Å². The van der Waals surface area contributed by atoms with Crippen molar-refractivity contribution in [3.8, 4) is 0 Å². The second kappa shape index (κ2) is 5.00. The lowest BCUT2D eigenvalue weighted by atomic mass is 10.2. The molecule has 0 spiro atoms. The van der Waals surface area contributed by atoms with Crippen LogP contribution in [0.4, 0.5) is 5.69 Å². The minimum atomic E-state index is -0.294. The zero-order valence-corrected chi connectivity index (χ0v) is 9.54. The van der Waals surface area contributed by atoms with E-state index in [9.17, 15) is 4.79 Å². The molecule has 0 fully saturated rings. The predicted octanol–water partition coefficient (Wildman–Crippen LogP) is 2.12. The molecule has 1 amide bonds. The summed E-state index contributed by atoms with van der Waals surface area (Å²) in [6, 6.07) is 7.81. The Bertz CT molecular complexity index is 328. The van der Waals surface area contributed by atoms with Crippen molar-refractivity contribution in [1.29, 1.82) is 0 Å². The Morgan fingerprint density at radius 2 is 2.21 bits per heavy atom. The van der Waals surface area contributed by atoms with Crippen LogP contribution in [0.3, 0.4) is 0 Å². The average molecular weight is 257 g/mol. The lowest BCUT2D eigenvalue weighted by Crippen LogP contribution is -2.24. The zero-order chi connectivity index (χ0) is 10.6. The maximum atomic E-state index is 10.7. The first-order valence-corrected chi connectivity index (χ1v) is 5.18. The highest BCUT2D eigenvalue weighted by molar-refractivity contribution is 9.10. The van der Waals surface area contributed by atoms with Crippen LogP contribution in [0, 0.1) is 0 Å². The molecule has 0 aliphatic rings. The van der Waals surface area contributed by atoms with Crippen molar-refractivity contribution in [3.63, 3.8) is 0 Å². The van der Waals surface area contributed by atoms with Crippen LogP contribution in [-0.4, -0.2) is 11.9 Å². The molecule has 0 aromatic heterocycles. The van der Waals surface area contributed by atoms with Crippen LogP contribution in [0.1, 0.15) is 13.3 Å². The summed E-state index contributed by atoms with van der Waals surface area (Å²) in [4.78, 5) is 10.7. The van der Waals surface area contributed by atoms with Gasteiger partial charge in [0.15, 0.2) is 0 Å². The van der Waals surface area contributed by atoms with E-state index in [1.807, 2.05) is 31.2 Å². The molecule has 3 nitrogen and oxygen atoms in total. The number of nitrogens with two attached hydrogens (primary N) is 1. The van der Waals surface area contributed by atoms with E-state index in [0.29, 0.717) is 6.42 Å². The fraction of sp³-hybridized carbons (Fsp3) is 0.300. The summed E-state index contributed by atoms with van der Waals surface area (Å²) < 4.78 is 0.983. The summed E-state index contributed by atoms with van der Waals surface area (Å²) in [5.74, 6) is -0.294. The van der Waals surface area contributed by atoms with Gasteiger partial charge in [-0.3, -0.25) is 4.79 Å². The topological polar surface area (TPSA) is 55.1 Å². The number of amides is 1. The van der Waals surface area contributed by atoms with Gasteiger partial charge in [0.05, 0.1) is 0 Å². The zero-order valence-electron chi connectivity index (χ0n) is 7.96. The molecule has 1 aromatic carbocycles. The van der Waals surface area contributed by atoms with Gasteiger partial charge in [0.1, 0.15) is 0 Å². The quantitative estimate of drug-likeness (QED) is 0.868. The fourth-order valence-corrected chi connectivity index (χ4v) is 1.60. The van der Waals surface area contributed by atoms with E-state index in [1.165, 1.54) is 0 Å². The molecule has 3 N–H and O–H groups in total. The molecule has 0 radical (unpaired) electrons. The number of hydrogen-bond donors (Lipinski definition) is 2. The maximum Gasteiger partial charge on any atom is 0.219 e. The molecule has 1 aromatic rings. The summed E-state index contributed by atoms with van der Waals surface area (Å²) in [7, 11) is 0. The van der Waals surface area contributed by atoms with Gasteiger partial charge in [-0.2, -0.15) is 0 Å². The number of carbonyl (C=O) groups is 1. The summed E-state index contributed by atoms with van der Waals surface area (Å²) in [5.41, 5.74) is 6.07. The molecule has 1 rings (SSSR count). The van der Waals surface area contributed by atoms with Crippen molar-refractivity contribution in [2.45, 2.75) is 19.4 Å². The highest BCUT2D eigenvalue weighted by Crippen LogP contribution is 2.22. The number of anilines is 1. The molecule has 0 saturated carbocycles. The highest BCUT2D eigenvalue weighted by Gasteiger charge is 2.06. The van der Waals surface area contributed by atoms with Gasteiger partial charge in [0.2, 0.25) is 5.91 Å². The molecule has 14 heavy (non-hydrogen) atoms. The number of carbonyl (C=O) groups excluding carboxylic acids is 1. The minimum Gasteiger partial charge on any atom is -0.381 e. The Morgan fingerprint density at radius 3 is 2.79 bits per heavy atom. The molecule has 0 heterocycles. The third-order valence-electron chi connectivity index (χ3n) is 1.78. The van der Waals surface area contributed by atoms with E-state index in [2.05, 4.69) is 21.2 Å². The normalized spacial score (nSPS) is 12.1. The van der Waals surface area contributed by atoms with Gasteiger partial charge >= 0.3 is 0 Å². The standard InChI is InChI=1S/C10H13BrN2O/c1-7(6-10(12)14)13-9-5-3-2-4-8(9)11/h2-5,7,13H,6H2,1H3,(H2,12,14). The molecule has 0 bridgehead atoms. The van der Waals surface area contributed by atoms with E-state index in [0.717, 1.165) is 10.2 Å². The van der Waals surface area contributed by atoms with Crippen LogP contribution in [0.25, 0.3) is 0 Å². The summed E-state index contributed by atoms with van der Waals surface area (Å²) in [6.07, 6.45) is 0.335. The molecular formula is C10H13BrN2O. The van der Waals surface area contributed by atoms with E-state index in [1.54, 1.807) is 0 Å². The predicted molar refractivity (Wildman–Crippen MR) is 61.0 cm³/mol. The van der Waals surface area contributed by atoms with Crippen molar-refractivity contribution in [1.82, 2.24) is 0 Å². The van der Waals surface area contributed by atoms with Gasteiger partial charge in [-0.15, -0.1) is 0 Å². The van der Waals surface area contributed by atoms with Crippen LogP contribution in [0.15, 0.2) is 28.7 Å². The Kier molecular flexibility index (Phi) is 3.95. The summed E-state index contributed by atoms with van der Waals surface area (Å²) in [6.45, 7) is 1.92. The Hall–Kier alpha value is -1.03. The van der Waals surface area contributed by atoms with E-state index < -0.39 is 0 Å². The van der Waals surface area contributed by atoms with Crippen molar-refractivity contribution in [2.75, 3.05) is 5.32 Å². The minimum absolute atomic E-state index is 0.0474. The average Bonchev–Trinajstić information content (AvgIpc) is 2.07. The first-order valence-electron chi connectivity index (χ1n) is 4.39. The molecular weight excluding hydrogens is 244 g/mol. The van der Waals surface area contributed by atoms with E-state index >= 15 is 0 Å².